The Hall–Kier alpha value is -4.47. The van der Waals surface area contributed by atoms with Crippen molar-refractivity contribution >= 4 is 64.0 Å². The molecule has 0 amide bonds. The topological polar surface area (TPSA) is 420 Å². The molecule has 11 unspecified atom stereocenters. The highest BCUT2D eigenvalue weighted by Gasteiger charge is 2.93. The maximum absolute atomic E-state index is 15.6. The molecule has 346 valence electrons. The van der Waals surface area contributed by atoms with Gasteiger partial charge in [0.25, 0.3) is 22.2 Å². The zero-order valence-corrected chi connectivity index (χ0v) is 35.2. The molecule has 0 aliphatic carbocycles. The molecule has 0 aromatic carbocycles. The quantitative estimate of drug-likeness (QED) is 0.0218. The summed E-state index contributed by atoms with van der Waals surface area (Å²) in [5, 5.41) is 121. The number of ketones is 9. The van der Waals surface area contributed by atoms with Gasteiger partial charge in [-0.05, 0) is 69.2 Å². The number of nitrogens with zero attached hydrogens (tertiary/aromatic N) is 1. The number of aliphatic hydroxyl groups is 10. The van der Waals surface area contributed by atoms with Gasteiger partial charge in [-0.2, -0.15) is 0 Å². The molecule has 61 heavy (non-hydrogen) atoms. The van der Waals surface area contributed by atoms with Crippen LogP contribution in [-0.2, 0) is 57.5 Å². The Morgan fingerprint density at radius 2 is 0.607 bits per heavy atom. The number of likely N-dealkylation sites (N-methyl/N-ethyl adjacent to an activating group) is 1. The minimum absolute atomic E-state index is 0.232. The Morgan fingerprint density at radius 3 is 0.770 bits per heavy atom. The van der Waals surface area contributed by atoms with Gasteiger partial charge in [0.15, 0.2) is 0 Å². The number of rotatable bonds is 26. The van der Waals surface area contributed by atoms with Gasteiger partial charge < -0.3 is 60.9 Å². The van der Waals surface area contributed by atoms with E-state index >= 15 is 38.4 Å². The summed E-state index contributed by atoms with van der Waals surface area (Å²) in [5.74, 6) is -28.6. The molecule has 0 aliphatic heterocycles. The predicted octanol–water partition coefficient (Wildman–Crippen LogP) is -6.66. The lowest BCUT2D eigenvalue weighted by Gasteiger charge is -2.66. The minimum Gasteiger partial charge on any atom is -0.481 e. The third-order valence-corrected chi connectivity index (χ3v) is 10.3. The van der Waals surface area contributed by atoms with E-state index < -0.39 is 158 Å². The van der Waals surface area contributed by atoms with E-state index in [1.54, 1.807) is 0 Å². The van der Waals surface area contributed by atoms with Crippen molar-refractivity contribution in [1.29, 1.82) is 0 Å². The summed E-state index contributed by atoms with van der Waals surface area (Å²) < 4.78 is 1.36. The third kappa shape index (κ3) is 8.66. The molecular weight excluding hydrogens is 826 g/mol. The van der Waals surface area contributed by atoms with E-state index in [9.17, 15) is 70.6 Å². The van der Waals surface area contributed by atoms with Gasteiger partial charge in [-0.15, -0.1) is 0 Å². The number of Topliss-reactive ketones (excluding diaryl/α,β-unsaturated/α-hetero) is 9. The van der Waals surface area contributed by atoms with Gasteiger partial charge in [-0.25, -0.2) is 4.79 Å². The fourth-order valence-electron chi connectivity index (χ4n) is 7.91. The number of carbonyl (C=O) groups is 11. The lowest BCUT2D eigenvalue weighted by molar-refractivity contribution is -0.983. The number of hydrogen-bond donors (Lipinski definition) is 11. The highest BCUT2D eigenvalue weighted by atomic mass is 16.6. The standard InChI is InChI=1S/C37H55NO23/c1-13(39)24(51)34(12-23(49)50,61-33(60)22(10)48)37(31(58)20(8)46,32(59)21(9)47)38(11,35(25(52)14(2)40,26(53)15(3)41)27(54)16(4)42)36(28(55)17(5)43,29(56)18(6)44)30(57)19(7)45/h13-22,39-48H,12H2,1-11H3/p+1. The Balaban J connectivity index is 12.2. The van der Waals surface area contributed by atoms with Crippen LogP contribution in [0.15, 0.2) is 0 Å². The predicted molar refractivity (Wildman–Crippen MR) is 197 cm³/mol. The maximum Gasteiger partial charge on any atom is 0.335 e. The van der Waals surface area contributed by atoms with E-state index in [0.717, 1.165) is 0 Å². The highest BCUT2D eigenvalue weighted by molar-refractivity contribution is 6.36. The van der Waals surface area contributed by atoms with Gasteiger partial charge in [0.1, 0.15) is 67.5 Å². The van der Waals surface area contributed by atoms with E-state index in [4.69, 9.17) is 4.74 Å². The van der Waals surface area contributed by atoms with Gasteiger partial charge in [-0.3, -0.25) is 52.4 Å². The van der Waals surface area contributed by atoms with Crippen LogP contribution in [0, 0.1) is 0 Å². The van der Waals surface area contributed by atoms with Crippen LogP contribution in [0.5, 0.6) is 0 Å². The first-order chi connectivity index (χ1) is 27.4. The van der Waals surface area contributed by atoms with E-state index in [1.807, 2.05) is 0 Å². The third-order valence-electron chi connectivity index (χ3n) is 10.3. The summed E-state index contributed by atoms with van der Waals surface area (Å²) in [6.45, 7) is 3.84. The Kier molecular flexibility index (Phi) is 18.7. The number of carbonyl (C=O) groups excluding carboxylic acids is 10. The van der Waals surface area contributed by atoms with Gasteiger partial charge in [0.2, 0.25) is 52.0 Å². The van der Waals surface area contributed by atoms with Crippen molar-refractivity contribution in [3.63, 3.8) is 0 Å². The molecule has 0 rings (SSSR count). The first kappa shape index (κ1) is 56.5. The first-order valence-corrected chi connectivity index (χ1v) is 18.4. The van der Waals surface area contributed by atoms with Crippen molar-refractivity contribution in [3.8, 4) is 0 Å². The van der Waals surface area contributed by atoms with Gasteiger partial charge in [-0.1, -0.05) is 0 Å². The molecule has 24 heteroatoms. The van der Waals surface area contributed by atoms with Gasteiger partial charge in [0, 0.05) is 0 Å². The number of ether oxygens (including phenoxy) is 1. The van der Waals surface area contributed by atoms with Crippen molar-refractivity contribution in [2.45, 2.75) is 159 Å². The molecule has 0 heterocycles. The summed E-state index contributed by atoms with van der Waals surface area (Å²) in [7, 11) is -0.232. The second-order valence-electron chi connectivity index (χ2n) is 15.0. The zero-order valence-electron chi connectivity index (χ0n) is 35.2. The van der Waals surface area contributed by atoms with Gasteiger partial charge in [0.05, 0.1) is 7.05 Å². The average molecular weight is 883 g/mol. The van der Waals surface area contributed by atoms with Crippen molar-refractivity contribution in [2.24, 2.45) is 0 Å². The van der Waals surface area contributed by atoms with Crippen LogP contribution in [0.25, 0.3) is 0 Å². The molecule has 11 atom stereocenters. The number of carboxylic acids is 1. The van der Waals surface area contributed by atoms with Crippen LogP contribution in [-0.4, -0.2) is 215 Å². The monoisotopic (exact) mass is 882 g/mol. The molecule has 0 aromatic rings. The van der Waals surface area contributed by atoms with Crippen LogP contribution < -0.4 is 0 Å². The van der Waals surface area contributed by atoms with E-state index in [2.05, 4.69) is 0 Å². The second kappa shape index (κ2) is 20.1. The first-order valence-electron chi connectivity index (χ1n) is 18.4. The number of quaternary nitrogens is 1. The smallest absolute Gasteiger partial charge is 0.335 e. The van der Waals surface area contributed by atoms with Crippen molar-refractivity contribution in [1.82, 2.24) is 0 Å². The number of esters is 1. The zero-order chi connectivity index (χ0) is 49.0. The molecule has 0 saturated carbocycles. The van der Waals surface area contributed by atoms with Crippen molar-refractivity contribution in [3.05, 3.63) is 0 Å². The highest BCUT2D eigenvalue weighted by Crippen LogP contribution is 2.56. The van der Waals surface area contributed by atoms with Crippen LogP contribution in [0.2, 0.25) is 0 Å². The van der Waals surface area contributed by atoms with Crippen molar-refractivity contribution < 1.29 is 118 Å². The SMILES string of the molecule is CC(O)C(=O)OC(CC(=O)O)(C(=O)C(C)O)C(C(=O)C(C)O)(C(=O)C(C)O)[N+](C)(C(C(=O)C(C)O)(C(=O)C(C)O)C(=O)C(C)O)C(C(=O)C(C)O)(C(=O)C(C)O)C(=O)C(C)O. The lowest BCUT2D eigenvalue weighted by Crippen LogP contribution is -3.00. The van der Waals surface area contributed by atoms with E-state index in [0.29, 0.717) is 69.2 Å². The fraction of sp³-hybridized carbons (Fsp3) is 0.703. The Morgan fingerprint density at radius 1 is 0.393 bits per heavy atom. The number of hydrogen-bond acceptors (Lipinski definition) is 22. The normalized spacial score (nSPS) is 21.7. The molecule has 0 saturated heterocycles. The van der Waals surface area contributed by atoms with E-state index in [1.165, 1.54) is 0 Å². The molecule has 11 N–H and O–H groups in total. The van der Waals surface area contributed by atoms with Crippen LogP contribution in [0.3, 0.4) is 0 Å². The molecule has 0 aliphatic rings. The number of aliphatic carboxylic acids is 1. The molecule has 0 fully saturated rings. The Bertz CT molecular complexity index is 1600. The maximum atomic E-state index is 15.6. The summed E-state index contributed by atoms with van der Waals surface area (Å²) >= 11 is 0. The number of aliphatic hydroxyl groups excluding tert-OH is 10. The van der Waals surface area contributed by atoms with Crippen LogP contribution >= 0.6 is 0 Å². The number of carboxylic acid groups (broad SMARTS) is 1. The van der Waals surface area contributed by atoms with Crippen LogP contribution in [0.4, 0.5) is 0 Å². The van der Waals surface area contributed by atoms with Gasteiger partial charge >= 0.3 is 11.9 Å². The molecule has 24 nitrogen and oxygen atoms in total. The van der Waals surface area contributed by atoms with Crippen molar-refractivity contribution in [2.75, 3.05) is 7.05 Å². The molecule has 0 spiro atoms. The largest absolute Gasteiger partial charge is 0.481 e. The molecule has 0 bridgehead atoms. The second-order valence-corrected chi connectivity index (χ2v) is 15.0. The molecular formula is C37H56NO23+. The molecule has 0 aromatic heterocycles. The average Bonchev–Trinajstić information content (AvgIpc) is 3.13. The van der Waals surface area contributed by atoms with E-state index in [-0.39, 0.29) is 7.05 Å². The lowest BCUT2D eigenvalue weighted by atomic mass is 9.55. The van der Waals surface area contributed by atoms with Crippen LogP contribution in [0.1, 0.15) is 75.7 Å². The summed E-state index contributed by atoms with van der Waals surface area (Å²) in [6, 6.07) is 0. The summed E-state index contributed by atoms with van der Waals surface area (Å²) in [4.78, 5) is 164. The minimum atomic E-state index is -5.33. The fourth-order valence-corrected chi connectivity index (χ4v) is 7.91. The summed E-state index contributed by atoms with van der Waals surface area (Å²) in [6.07, 6.45) is -32.8. The Labute approximate surface area is 347 Å². The summed E-state index contributed by atoms with van der Waals surface area (Å²) in [5.41, 5.74) is -20.4. The molecule has 0 radical (unpaired) electrons.